The monoisotopic (exact) mass is 321 g/mol. The van der Waals surface area contributed by atoms with Crippen LogP contribution in [0.1, 0.15) is 5.56 Å². The number of aromatic amines is 1. The molecular formula is C17H15N5O2. The lowest BCUT2D eigenvalue weighted by atomic mass is 10.0. The largest absolute Gasteiger partial charge is 0.369 e. The van der Waals surface area contributed by atoms with Crippen molar-refractivity contribution in [2.45, 2.75) is 6.54 Å². The number of nitrogen functional groups attached to an aromatic ring is 1. The zero-order valence-corrected chi connectivity index (χ0v) is 13.0. The standard InChI is InChI=1S/C17H15N5O2/c1-21-14-13(15(23)20-17(21)24)22(16(18)19-14)9-11-7-4-6-10-5-2-3-8-12(10)11/h2-8H,9H2,1H3,(H2,18,19)(H,20,23,24). The Morgan fingerprint density at radius 2 is 1.88 bits per heavy atom. The number of imidazole rings is 1. The third-order valence-electron chi connectivity index (χ3n) is 4.24. The molecule has 0 aliphatic heterocycles. The second-order valence-corrected chi connectivity index (χ2v) is 5.68. The Morgan fingerprint density at radius 3 is 2.71 bits per heavy atom. The number of benzene rings is 2. The summed E-state index contributed by atoms with van der Waals surface area (Å²) in [5.41, 5.74) is 6.61. The number of aromatic nitrogens is 4. The third kappa shape index (κ3) is 2.02. The summed E-state index contributed by atoms with van der Waals surface area (Å²) in [6, 6.07) is 14.0. The summed E-state index contributed by atoms with van der Waals surface area (Å²) in [7, 11) is 1.55. The molecule has 24 heavy (non-hydrogen) atoms. The van der Waals surface area contributed by atoms with Crippen LogP contribution < -0.4 is 17.0 Å². The van der Waals surface area contributed by atoms with E-state index in [1.165, 1.54) is 4.57 Å². The average Bonchev–Trinajstić information content (AvgIpc) is 2.90. The summed E-state index contributed by atoms with van der Waals surface area (Å²) in [6.07, 6.45) is 0. The van der Waals surface area contributed by atoms with Crippen LogP contribution in [0.2, 0.25) is 0 Å². The van der Waals surface area contributed by atoms with Gasteiger partial charge in [-0.3, -0.25) is 14.3 Å². The summed E-state index contributed by atoms with van der Waals surface area (Å²) in [4.78, 5) is 30.5. The summed E-state index contributed by atoms with van der Waals surface area (Å²) < 4.78 is 2.92. The van der Waals surface area contributed by atoms with Crippen molar-refractivity contribution >= 4 is 27.9 Å². The van der Waals surface area contributed by atoms with Crippen LogP contribution in [0.3, 0.4) is 0 Å². The minimum atomic E-state index is -0.512. The lowest BCUT2D eigenvalue weighted by Crippen LogP contribution is -2.29. The minimum absolute atomic E-state index is 0.199. The summed E-state index contributed by atoms with van der Waals surface area (Å²) >= 11 is 0. The molecule has 3 N–H and O–H groups in total. The molecule has 0 atom stereocenters. The Labute approximate surface area is 136 Å². The lowest BCUT2D eigenvalue weighted by molar-refractivity contribution is 0.814. The first kappa shape index (κ1) is 14.3. The van der Waals surface area contributed by atoms with Crippen LogP contribution in [0.4, 0.5) is 5.95 Å². The quantitative estimate of drug-likeness (QED) is 0.579. The first-order chi connectivity index (χ1) is 11.6. The highest BCUT2D eigenvalue weighted by Crippen LogP contribution is 2.22. The van der Waals surface area contributed by atoms with E-state index in [0.29, 0.717) is 12.1 Å². The first-order valence-electron chi connectivity index (χ1n) is 7.48. The normalized spacial score (nSPS) is 11.4. The Hall–Kier alpha value is -3.35. The Balaban J connectivity index is 1.98. The fourth-order valence-electron chi connectivity index (χ4n) is 3.01. The highest BCUT2D eigenvalue weighted by molar-refractivity contribution is 5.86. The van der Waals surface area contributed by atoms with Crippen molar-refractivity contribution in [3.8, 4) is 0 Å². The maximum atomic E-state index is 12.3. The van der Waals surface area contributed by atoms with Gasteiger partial charge in [0, 0.05) is 7.05 Å². The zero-order chi connectivity index (χ0) is 16.8. The van der Waals surface area contributed by atoms with Crippen molar-refractivity contribution in [1.82, 2.24) is 19.1 Å². The van der Waals surface area contributed by atoms with Crippen molar-refractivity contribution in [2.24, 2.45) is 7.05 Å². The SMILES string of the molecule is Cn1c(=O)[nH]c(=O)c2c1nc(N)n2Cc1cccc2ccccc12. The Kier molecular flexibility index (Phi) is 3.02. The Bertz CT molecular complexity index is 1190. The molecule has 4 aromatic rings. The van der Waals surface area contributed by atoms with Crippen LogP contribution in [0.15, 0.2) is 52.1 Å². The van der Waals surface area contributed by atoms with Gasteiger partial charge in [-0.1, -0.05) is 42.5 Å². The van der Waals surface area contributed by atoms with Crippen LogP contribution in [0.5, 0.6) is 0 Å². The van der Waals surface area contributed by atoms with Crippen LogP contribution in [0, 0.1) is 0 Å². The summed E-state index contributed by atoms with van der Waals surface area (Å²) in [5, 5.41) is 2.20. The first-order valence-corrected chi connectivity index (χ1v) is 7.48. The highest BCUT2D eigenvalue weighted by atomic mass is 16.2. The fraction of sp³-hybridized carbons (Fsp3) is 0.118. The van der Waals surface area contributed by atoms with E-state index >= 15 is 0 Å². The van der Waals surface area contributed by atoms with E-state index in [4.69, 9.17) is 5.73 Å². The number of nitrogens with one attached hydrogen (secondary N) is 1. The molecule has 0 bridgehead atoms. The number of rotatable bonds is 2. The number of nitrogens with two attached hydrogens (primary N) is 1. The molecule has 0 aliphatic rings. The van der Waals surface area contributed by atoms with Gasteiger partial charge in [-0.05, 0) is 16.3 Å². The zero-order valence-electron chi connectivity index (χ0n) is 13.0. The third-order valence-corrected chi connectivity index (χ3v) is 4.24. The average molecular weight is 321 g/mol. The van der Waals surface area contributed by atoms with Crippen molar-refractivity contribution < 1.29 is 0 Å². The molecule has 0 unspecified atom stereocenters. The molecule has 0 fully saturated rings. The fourth-order valence-corrected chi connectivity index (χ4v) is 3.01. The van der Waals surface area contributed by atoms with Gasteiger partial charge in [0.15, 0.2) is 11.2 Å². The number of anilines is 1. The van der Waals surface area contributed by atoms with Crippen LogP contribution >= 0.6 is 0 Å². The van der Waals surface area contributed by atoms with E-state index in [9.17, 15) is 9.59 Å². The van der Waals surface area contributed by atoms with E-state index in [-0.39, 0.29) is 11.6 Å². The van der Waals surface area contributed by atoms with Crippen LogP contribution in [-0.4, -0.2) is 19.1 Å². The number of hydrogen-bond acceptors (Lipinski definition) is 4. The van der Waals surface area contributed by atoms with Crippen molar-refractivity contribution in [3.05, 3.63) is 68.9 Å². The molecule has 7 nitrogen and oxygen atoms in total. The number of hydrogen-bond donors (Lipinski definition) is 2. The molecule has 0 radical (unpaired) electrons. The molecule has 0 saturated heterocycles. The van der Waals surface area contributed by atoms with Gasteiger partial charge < -0.3 is 10.3 Å². The predicted octanol–water partition coefficient (Wildman–Crippen LogP) is 1.21. The summed E-state index contributed by atoms with van der Waals surface area (Å²) in [6.45, 7) is 0.394. The molecule has 2 aromatic carbocycles. The van der Waals surface area contributed by atoms with Gasteiger partial charge in [0.2, 0.25) is 5.95 Å². The van der Waals surface area contributed by atoms with Gasteiger partial charge in [-0.25, -0.2) is 4.79 Å². The molecule has 7 heteroatoms. The maximum absolute atomic E-state index is 12.3. The number of fused-ring (bicyclic) bond motifs is 2. The molecule has 4 rings (SSSR count). The molecule has 120 valence electrons. The van der Waals surface area contributed by atoms with E-state index in [2.05, 4.69) is 9.97 Å². The smallest absolute Gasteiger partial charge is 0.329 e. The molecule has 2 aromatic heterocycles. The van der Waals surface area contributed by atoms with Crippen LogP contribution in [0.25, 0.3) is 21.9 Å². The lowest BCUT2D eigenvalue weighted by Gasteiger charge is -2.09. The van der Waals surface area contributed by atoms with Gasteiger partial charge in [-0.2, -0.15) is 4.98 Å². The second kappa shape index (κ2) is 5.09. The van der Waals surface area contributed by atoms with Gasteiger partial charge in [-0.15, -0.1) is 0 Å². The van der Waals surface area contributed by atoms with E-state index in [1.807, 2.05) is 42.5 Å². The molecule has 0 amide bonds. The number of H-pyrrole nitrogens is 1. The van der Waals surface area contributed by atoms with Crippen molar-refractivity contribution in [3.63, 3.8) is 0 Å². The summed E-state index contributed by atoms with van der Waals surface area (Å²) in [5.74, 6) is 0.199. The predicted molar refractivity (Wildman–Crippen MR) is 93.1 cm³/mol. The van der Waals surface area contributed by atoms with Gasteiger partial charge in [0.1, 0.15) is 0 Å². The van der Waals surface area contributed by atoms with E-state index in [1.54, 1.807) is 11.6 Å². The number of nitrogens with zero attached hydrogens (tertiary/aromatic N) is 3. The van der Waals surface area contributed by atoms with Gasteiger partial charge in [0.25, 0.3) is 5.56 Å². The molecule has 2 heterocycles. The van der Waals surface area contributed by atoms with E-state index in [0.717, 1.165) is 16.3 Å². The number of aryl methyl sites for hydroxylation is 1. The molecule has 0 saturated carbocycles. The highest BCUT2D eigenvalue weighted by Gasteiger charge is 2.16. The van der Waals surface area contributed by atoms with Crippen molar-refractivity contribution in [2.75, 3.05) is 5.73 Å². The van der Waals surface area contributed by atoms with E-state index < -0.39 is 11.2 Å². The molecule has 0 spiro atoms. The minimum Gasteiger partial charge on any atom is -0.369 e. The van der Waals surface area contributed by atoms with Gasteiger partial charge >= 0.3 is 5.69 Å². The molecule has 0 aliphatic carbocycles. The van der Waals surface area contributed by atoms with Crippen molar-refractivity contribution in [1.29, 1.82) is 0 Å². The van der Waals surface area contributed by atoms with Crippen LogP contribution in [-0.2, 0) is 13.6 Å². The maximum Gasteiger partial charge on any atom is 0.329 e. The van der Waals surface area contributed by atoms with Gasteiger partial charge in [0.05, 0.1) is 6.54 Å². The molecular weight excluding hydrogens is 306 g/mol. The Morgan fingerprint density at radius 1 is 1.12 bits per heavy atom. The second-order valence-electron chi connectivity index (χ2n) is 5.68. The topological polar surface area (TPSA) is 98.7 Å².